The van der Waals surface area contributed by atoms with Gasteiger partial charge in [0.15, 0.2) is 0 Å². The molecule has 1 aliphatic heterocycles. The third-order valence-corrected chi connectivity index (χ3v) is 11.4. The molecule has 0 unspecified atom stereocenters. The summed E-state index contributed by atoms with van der Waals surface area (Å²) >= 11 is 0. The zero-order chi connectivity index (χ0) is 25.1. The average molecular weight is 503 g/mol. The Balaban J connectivity index is 1.43. The van der Waals surface area contributed by atoms with Crippen LogP contribution in [0.2, 0.25) is 0 Å². The minimum Gasteiger partial charge on any atom is -0.271 e. The number of sulfonamides is 1. The number of allylic oxidation sites excluding steroid dienone is 1. The highest BCUT2D eigenvalue weighted by Gasteiger charge is 2.72. The molecular formula is C30H34N2O3S. The first-order chi connectivity index (χ1) is 17.2. The molecule has 188 valence electrons. The lowest BCUT2D eigenvalue weighted by molar-refractivity contribution is -0.130. The summed E-state index contributed by atoms with van der Waals surface area (Å²) in [5.74, 6) is 0.192. The molecule has 2 aromatic carbocycles. The van der Waals surface area contributed by atoms with E-state index >= 15 is 0 Å². The lowest BCUT2D eigenvalue weighted by atomic mass is 9.69. The summed E-state index contributed by atoms with van der Waals surface area (Å²) in [6.07, 6.45) is 7.35. The zero-order valence-corrected chi connectivity index (χ0v) is 21.9. The van der Waals surface area contributed by atoms with Crippen molar-refractivity contribution in [2.24, 2.45) is 21.7 Å². The Bertz CT molecular complexity index is 1300. The number of fused-ring (bicyclic) bond motifs is 1. The Labute approximate surface area is 214 Å². The van der Waals surface area contributed by atoms with E-state index in [4.69, 9.17) is 4.99 Å². The van der Waals surface area contributed by atoms with E-state index in [0.717, 1.165) is 48.9 Å². The highest BCUT2D eigenvalue weighted by molar-refractivity contribution is 7.90. The lowest BCUT2D eigenvalue weighted by Crippen LogP contribution is -2.47. The van der Waals surface area contributed by atoms with Gasteiger partial charge in [-0.15, -0.1) is 0 Å². The fraction of sp³-hybridized carbons (Fsp3) is 0.467. The molecule has 0 N–H and O–H groups in total. The fourth-order valence-electron chi connectivity index (χ4n) is 7.15. The maximum absolute atomic E-state index is 14.2. The predicted octanol–water partition coefficient (Wildman–Crippen LogP) is 5.37. The molecule has 1 saturated heterocycles. The Morgan fingerprint density at radius 1 is 1.06 bits per heavy atom. The van der Waals surface area contributed by atoms with E-state index in [1.165, 1.54) is 9.88 Å². The van der Waals surface area contributed by atoms with Gasteiger partial charge in [-0.3, -0.25) is 9.79 Å². The molecule has 2 aromatic rings. The summed E-state index contributed by atoms with van der Waals surface area (Å²) in [6.45, 7) is 4.43. The summed E-state index contributed by atoms with van der Waals surface area (Å²) in [7, 11) is -3.70. The topological polar surface area (TPSA) is 66.8 Å². The maximum Gasteiger partial charge on any atom is 0.261 e. The van der Waals surface area contributed by atoms with E-state index in [-0.39, 0.29) is 28.5 Å². The van der Waals surface area contributed by atoms with Gasteiger partial charge >= 0.3 is 0 Å². The van der Waals surface area contributed by atoms with Crippen molar-refractivity contribution in [1.82, 2.24) is 4.31 Å². The van der Waals surface area contributed by atoms with Gasteiger partial charge < -0.3 is 0 Å². The van der Waals surface area contributed by atoms with Crippen LogP contribution in [0.25, 0.3) is 0 Å². The van der Waals surface area contributed by atoms with E-state index in [2.05, 4.69) is 19.9 Å². The average Bonchev–Trinajstić information content (AvgIpc) is 3.58. The number of hydrogen-bond acceptors (Lipinski definition) is 4. The van der Waals surface area contributed by atoms with Crippen LogP contribution in [0.3, 0.4) is 0 Å². The fourth-order valence-corrected chi connectivity index (χ4v) is 9.72. The molecule has 2 bridgehead atoms. The van der Waals surface area contributed by atoms with Crippen molar-refractivity contribution >= 4 is 21.6 Å². The molecule has 4 fully saturated rings. The van der Waals surface area contributed by atoms with Gasteiger partial charge in [-0.25, -0.2) is 12.7 Å². The predicted molar refractivity (Wildman–Crippen MR) is 142 cm³/mol. The molecule has 3 aliphatic carbocycles. The van der Waals surface area contributed by atoms with Crippen LogP contribution in [-0.4, -0.2) is 42.2 Å². The van der Waals surface area contributed by atoms with Crippen LogP contribution in [0.1, 0.15) is 63.5 Å². The van der Waals surface area contributed by atoms with Crippen LogP contribution in [0.15, 0.2) is 77.3 Å². The number of carbonyl (C=O) groups excluding carboxylic acids is 1. The van der Waals surface area contributed by atoms with Crippen LogP contribution in [0.5, 0.6) is 0 Å². The Hall–Kier alpha value is -2.73. The van der Waals surface area contributed by atoms with Gasteiger partial charge in [-0.2, -0.15) is 0 Å². The molecule has 1 amide bonds. The first-order valence-electron chi connectivity index (χ1n) is 13.2. The Morgan fingerprint density at radius 3 is 2.22 bits per heavy atom. The van der Waals surface area contributed by atoms with Crippen LogP contribution < -0.4 is 0 Å². The van der Waals surface area contributed by atoms with Crippen molar-refractivity contribution in [3.63, 3.8) is 0 Å². The van der Waals surface area contributed by atoms with Crippen molar-refractivity contribution in [1.29, 1.82) is 0 Å². The van der Waals surface area contributed by atoms with Gasteiger partial charge in [-0.1, -0.05) is 86.2 Å². The molecule has 36 heavy (non-hydrogen) atoms. The van der Waals surface area contributed by atoms with Crippen LogP contribution in [0.4, 0.5) is 0 Å². The SMILES string of the molecule is CC1(C)[C@@H]2CC[C@]13CS(=O)(=O)N(C(=O)[C@H](CC=C1CC1)N=C(c1ccccc1)c1ccccc1)[C@H]3C2. The van der Waals surface area contributed by atoms with Crippen LogP contribution >= 0.6 is 0 Å². The molecule has 1 spiro atoms. The molecule has 0 radical (unpaired) electrons. The van der Waals surface area contributed by atoms with Crippen molar-refractivity contribution in [2.45, 2.75) is 64.5 Å². The summed E-state index contributed by atoms with van der Waals surface area (Å²) < 4.78 is 28.5. The number of rotatable bonds is 6. The molecule has 4 atom stereocenters. The van der Waals surface area contributed by atoms with Crippen LogP contribution in [0, 0.1) is 16.7 Å². The highest BCUT2D eigenvalue weighted by atomic mass is 32.2. The number of nitrogens with zero attached hydrogens (tertiary/aromatic N) is 2. The summed E-state index contributed by atoms with van der Waals surface area (Å²) in [6, 6.07) is 18.7. The summed E-state index contributed by atoms with van der Waals surface area (Å²) in [5, 5.41) is 0. The van der Waals surface area contributed by atoms with Gasteiger partial charge in [-0.05, 0) is 49.9 Å². The normalized spacial score (nSPS) is 29.5. The van der Waals surface area contributed by atoms with Crippen LogP contribution in [-0.2, 0) is 14.8 Å². The number of aliphatic imine (C=N–C) groups is 1. The van der Waals surface area contributed by atoms with Gasteiger partial charge in [0.2, 0.25) is 10.0 Å². The second-order valence-electron chi connectivity index (χ2n) is 11.6. The van der Waals surface area contributed by atoms with Crippen molar-refractivity contribution in [3.8, 4) is 0 Å². The molecule has 0 aromatic heterocycles. The Kier molecular flexibility index (Phi) is 5.52. The second kappa shape index (κ2) is 8.41. The summed E-state index contributed by atoms with van der Waals surface area (Å²) in [4.78, 5) is 19.3. The standard InChI is InChI=1S/C30H34N2O3S/c1-29(2)24-17-18-30(29)20-36(34,35)32(26(30)19-24)28(33)25(16-15-21-13-14-21)31-27(22-9-5-3-6-10-22)23-11-7-4-8-12-23/h3-12,15,24-26H,13-14,16-20H2,1-2H3/t24-,25+,26+,30-/m1/s1. The van der Waals surface area contributed by atoms with Gasteiger partial charge in [0, 0.05) is 16.5 Å². The van der Waals surface area contributed by atoms with E-state index in [1.807, 2.05) is 60.7 Å². The molecule has 4 aliphatic rings. The molecule has 1 heterocycles. The smallest absolute Gasteiger partial charge is 0.261 e. The van der Waals surface area contributed by atoms with E-state index in [9.17, 15) is 13.2 Å². The zero-order valence-electron chi connectivity index (χ0n) is 21.1. The molecule has 6 rings (SSSR count). The van der Waals surface area contributed by atoms with E-state index in [1.54, 1.807) is 0 Å². The van der Waals surface area contributed by atoms with Gasteiger partial charge in [0.1, 0.15) is 6.04 Å². The van der Waals surface area contributed by atoms with Gasteiger partial charge in [0.25, 0.3) is 5.91 Å². The summed E-state index contributed by atoms with van der Waals surface area (Å²) in [5.41, 5.74) is 3.48. The first kappa shape index (κ1) is 23.7. The number of hydrogen-bond donors (Lipinski definition) is 0. The largest absolute Gasteiger partial charge is 0.271 e. The third-order valence-electron chi connectivity index (χ3n) is 9.46. The van der Waals surface area contributed by atoms with E-state index < -0.39 is 16.1 Å². The molecular weight excluding hydrogens is 468 g/mol. The minimum atomic E-state index is -3.70. The number of amides is 1. The number of benzene rings is 2. The minimum absolute atomic E-state index is 0.0756. The Morgan fingerprint density at radius 2 is 1.67 bits per heavy atom. The molecule has 5 nitrogen and oxygen atoms in total. The molecule has 3 saturated carbocycles. The quantitative estimate of drug-likeness (QED) is 0.394. The van der Waals surface area contributed by atoms with Crippen molar-refractivity contribution < 1.29 is 13.2 Å². The monoisotopic (exact) mass is 502 g/mol. The number of carbonyl (C=O) groups is 1. The van der Waals surface area contributed by atoms with E-state index in [0.29, 0.717) is 12.3 Å². The third kappa shape index (κ3) is 3.68. The molecule has 6 heteroatoms. The lowest BCUT2D eigenvalue weighted by Gasteiger charge is -2.37. The maximum atomic E-state index is 14.2. The van der Waals surface area contributed by atoms with Crippen molar-refractivity contribution in [3.05, 3.63) is 83.4 Å². The van der Waals surface area contributed by atoms with Crippen molar-refractivity contribution in [2.75, 3.05) is 5.75 Å². The second-order valence-corrected chi connectivity index (χ2v) is 13.4. The first-order valence-corrected chi connectivity index (χ1v) is 14.8. The van der Waals surface area contributed by atoms with Gasteiger partial charge in [0.05, 0.1) is 17.5 Å². The highest BCUT2D eigenvalue weighted by Crippen LogP contribution is 2.70.